The summed E-state index contributed by atoms with van der Waals surface area (Å²) in [5.74, 6) is -8.04. The summed E-state index contributed by atoms with van der Waals surface area (Å²) in [7, 11) is 0. The fraction of sp³-hybridized carbons (Fsp3) is 0.429. The van der Waals surface area contributed by atoms with Crippen molar-refractivity contribution in [1.29, 1.82) is 0 Å². The predicted octanol–water partition coefficient (Wildman–Crippen LogP) is 4.91. The molecule has 0 aromatic heterocycles. The maximum absolute atomic E-state index is 13.5. The molecule has 0 atom stereocenters. The van der Waals surface area contributed by atoms with Crippen molar-refractivity contribution >= 4 is 5.57 Å². The van der Waals surface area contributed by atoms with E-state index in [0.717, 1.165) is 0 Å². The zero-order valence-electron chi connectivity index (χ0n) is 10.0. The van der Waals surface area contributed by atoms with Gasteiger partial charge in [0.05, 0.1) is 0 Å². The Bertz CT molecular complexity index is 460. The van der Waals surface area contributed by atoms with Crippen molar-refractivity contribution < 1.29 is 17.6 Å². The number of benzene rings is 1. The average molecular weight is 258 g/mol. The summed E-state index contributed by atoms with van der Waals surface area (Å²) in [6.45, 7) is 1.84. The van der Waals surface area contributed by atoms with Gasteiger partial charge < -0.3 is 0 Å². The normalized spacial score (nSPS) is 20.7. The van der Waals surface area contributed by atoms with Gasteiger partial charge in [0.1, 0.15) is 0 Å². The smallest absolute Gasteiger partial charge is 0.194 e. The third kappa shape index (κ3) is 1.74. The van der Waals surface area contributed by atoms with E-state index in [9.17, 15) is 17.6 Å². The highest BCUT2D eigenvalue weighted by Crippen LogP contribution is 2.60. The molecule has 0 saturated carbocycles. The summed E-state index contributed by atoms with van der Waals surface area (Å²) < 4.78 is 53.9. The average Bonchev–Trinajstić information content (AvgIpc) is 2.34. The number of hydrogen-bond donors (Lipinski definition) is 0. The Morgan fingerprint density at radius 3 is 2.11 bits per heavy atom. The van der Waals surface area contributed by atoms with Crippen molar-refractivity contribution in [2.45, 2.75) is 38.0 Å². The molecule has 0 aliphatic heterocycles. The third-order valence-electron chi connectivity index (χ3n) is 3.23. The lowest BCUT2D eigenvalue weighted by molar-refractivity contribution is -0.171. The van der Waals surface area contributed by atoms with E-state index in [-0.39, 0.29) is 12.0 Å². The monoisotopic (exact) mass is 258 g/mol. The minimum Gasteiger partial charge on any atom is -0.194 e. The number of halogens is 4. The van der Waals surface area contributed by atoms with Gasteiger partial charge in [0.2, 0.25) is 0 Å². The van der Waals surface area contributed by atoms with Crippen molar-refractivity contribution in [1.82, 2.24) is 0 Å². The number of allylic oxidation sites excluding steroid dienone is 2. The highest BCUT2D eigenvalue weighted by atomic mass is 19.3. The molecular weight excluding hydrogens is 244 g/mol. The Morgan fingerprint density at radius 2 is 1.56 bits per heavy atom. The number of rotatable bonds is 4. The lowest BCUT2D eigenvalue weighted by Crippen LogP contribution is -2.52. The standard InChI is InChI=1S/C14H14F4/c1-2-3-9-11-12(10-7-5-4-6-8-10)14(17,18)13(11,15)16/h4-8H,2-3,9H2,1H3. The van der Waals surface area contributed by atoms with E-state index in [1.165, 1.54) is 12.1 Å². The second-order valence-electron chi connectivity index (χ2n) is 4.47. The van der Waals surface area contributed by atoms with E-state index < -0.39 is 23.0 Å². The van der Waals surface area contributed by atoms with E-state index in [0.29, 0.717) is 12.8 Å². The molecule has 18 heavy (non-hydrogen) atoms. The largest absolute Gasteiger partial charge is 0.340 e. The van der Waals surface area contributed by atoms with E-state index in [1.54, 1.807) is 18.2 Å². The number of alkyl halides is 4. The van der Waals surface area contributed by atoms with Gasteiger partial charge in [-0.05, 0) is 18.4 Å². The molecule has 0 fully saturated rings. The molecule has 0 unspecified atom stereocenters. The summed E-state index contributed by atoms with van der Waals surface area (Å²) in [6, 6.07) is 7.72. The lowest BCUT2D eigenvalue weighted by Gasteiger charge is -2.41. The second-order valence-corrected chi connectivity index (χ2v) is 4.47. The summed E-state index contributed by atoms with van der Waals surface area (Å²) in [5, 5.41) is 0. The number of hydrogen-bond acceptors (Lipinski definition) is 0. The van der Waals surface area contributed by atoms with Crippen molar-refractivity contribution in [3.05, 3.63) is 41.5 Å². The minimum absolute atomic E-state index is 0.0311. The van der Waals surface area contributed by atoms with Gasteiger partial charge in [-0.3, -0.25) is 0 Å². The molecule has 1 aromatic rings. The zero-order chi connectivity index (χ0) is 13.4. The van der Waals surface area contributed by atoms with Crippen LogP contribution in [0.1, 0.15) is 31.7 Å². The van der Waals surface area contributed by atoms with Crippen molar-refractivity contribution in [3.8, 4) is 0 Å². The third-order valence-corrected chi connectivity index (χ3v) is 3.23. The highest BCUT2D eigenvalue weighted by Gasteiger charge is 2.70. The predicted molar refractivity (Wildman–Crippen MR) is 62.8 cm³/mol. The molecule has 0 amide bonds. The Balaban J connectivity index is 2.45. The van der Waals surface area contributed by atoms with Crippen LogP contribution in [-0.4, -0.2) is 11.8 Å². The molecule has 1 aliphatic rings. The Kier molecular flexibility index (Phi) is 3.21. The van der Waals surface area contributed by atoms with Crippen LogP contribution in [0.25, 0.3) is 5.57 Å². The maximum atomic E-state index is 13.5. The van der Waals surface area contributed by atoms with Crippen LogP contribution in [0.3, 0.4) is 0 Å². The van der Waals surface area contributed by atoms with E-state index in [1.807, 2.05) is 6.92 Å². The summed E-state index contributed by atoms with van der Waals surface area (Å²) in [6.07, 6.45) is 1.23. The summed E-state index contributed by atoms with van der Waals surface area (Å²) in [5.41, 5.74) is -0.693. The molecule has 0 radical (unpaired) electrons. The van der Waals surface area contributed by atoms with Crippen molar-refractivity contribution in [2.75, 3.05) is 0 Å². The van der Waals surface area contributed by atoms with Crippen LogP contribution in [0.15, 0.2) is 35.9 Å². The van der Waals surface area contributed by atoms with Gasteiger partial charge in [-0.15, -0.1) is 0 Å². The molecule has 1 aromatic carbocycles. The fourth-order valence-electron chi connectivity index (χ4n) is 2.23. The zero-order valence-corrected chi connectivity index (χ0v) is 10.0. The van der Waals surface area contributed by atoms with Crippen LogP contribution in [0, 0.1) is 0 Å². The fourth-order valence-corrected chi connectivity index (χ4v) is 2.23. The highest BCUT2D eigenvalue weighted by molar-refractivity contribution is 5.83. The van der Waals surface area contributed by atoms with E-state index in [4.69, 9.17) is 0 Å². The van der Waals surface area contributed by atoms with E-state index in [2.05, 4.69) is 0 Å². The molecule has 0 bridgehead atoms. The molecule has 4 heteroatoms. The van der Waals surface area contributed by atoms with Crippen LogP contribution in [-0.2, 0) is 0 Å². The van der Waals surface area contributed by atoms with Crippen LogP contribution >= 0.6 is 0 Å². The Morgan fingerprint density at radius 1 is 0.944 bits per heavy atom. The molecule has 0 saturated heterocycles. The van der Waals surface area contributed by atoms with Crippen LogP contribution in [0.4, 0.5) is 17.6 Å². The molecule has 1 aliphatic carbocycles. The van der Waals surface area contributed by atoms with Crippen molar-refractivity contribution in [2.24, 2.45) is 0 Å². The van der Waals surface area contributed by atoms with Gasteiger partial charge in [-0.1, -0.05) is 43.7 Å². The van der Waals surface area contributed by atoms with E-state index >= 15 is 0 Å². The molecular formula is C14H14F4. The molecule has 98 valence electrons. The first-order valence-electron chi connectivity index (χ1n) is 5.98. The van der Waals surface area contributed by atoms with Gasteiger partial charge in [0, 0.05) is 11.1 Å². The summed E-state index contributed by atoms with van der Waals surface area (Å²) in [4.78, 5) is 0. The van der Waals surface area contributed by atoms with Crippen molar-refractivity contribution in [3.63, 3.8) is 0 Å². The Labute approximate surface area is 103 Å². The maximum Gasteiger partial charge on any atom is 0.340 e. The SMILES string of the molecule is CCCCC1=C(c2ccccc2)C(F)(F)C1(F)F. The second kappa shape index (κ2) is 4.41. The first-order chi connectivity index (χ1) is 8.43. The lowest BCUT2D eigenvalue weighted by atomic mass is 9.74. The molecule has 0 N–H and O–H groups in total. The van der Waals surface area contributed by atoms with Gasteiger partial charge in [0.15, 0.2) is 0 Å². The van der Waals surface area contributed by atoms with Gasteiger partial charge in [-0.2, -0.15) is 17.6 Å². The molecule has 0 heterocycles. The first-order valence-corrected chi connectivity index (χ1v) is 5.98. The minimum atomic E-state index is -4.04. The molecule has 2 rings (SSSR count). The van der Waals surface area contributed by atoms with Crippen LogP contribution < -0.4 is 0 Å². The van der Waals surface area contributed by atoms with Crippen LogP contribution in [0.5, 0.6) is 0 Å². The molecule has 0 spiro atoms. The first kappa shape index (κ1) is 13.1. The summed E-state index contributed by atoms with van der Waals surface area (Å²) >= 11 is 0. The number of unbranched alkanes of at least 4 members (excludes halogenated alkanes) is 1. The Hall–Kier alpha value is -1.32. The topological polar surface area (TPSA) is 0 Å². The van der Waals surface area contributed by atoms with Gasteiger partial charge >= 0.3 is 11.8 Å². The van der Waals surface area contributed by atoms with Crippen LogP contribution in [0.2, 0.25) is 0 Å². The van der Waals surface area contributed by atoms with Gasteiger partial charge in [-0.25, -0.2) is 0 Å². The molecule has 0 nitrogen and oxygen atoms in total. The van der Waals surface area contributed by atoms with Gasteiger partial charge in [0.25, 0.3) is 0 Å². The quantitative estimate of drug-likeness (QED) is 0.673.